The van der Waals surface area contributed by atoms with E-state index in [-0.39, 0.29) is 11.3 Å². The second-order valence-electron chi connectivity index (χ2n) is 7.13. The van der Waals surface area contributed by atoms with Gasteiger partial charge in [0.2, 0.25) is 0 Å². The summed E-state index contributed by atoms with van der Waals surface area (Å²) >= 11 is 0. The number of Topliss-reactive ketones (excluding diaryl/α,β-unsaturated/α-hetero) is 1. The van der Waals surface area contributed by atoms with Crippen LogP contribution < -0.4 is 0 Å². The monoisotopic (exact) mass is 386 g/mol. The highest BCUT2D eigenvalue weighted by molar-refractivity contribution is 6.46. The summed E-state index contributed by atoms with van der Waals surface area (Å²) in [5.41, 5.74) is 1.21. The zero-order chi connectivity index (χ0) is 20.4. The first-order valence-electron chi connectivity index (χ1n) is 9.81. The largest absolute Gasteiger partial charge is 0.507 e. The van der Waals surface area contributed by atoms with E-state index in [0.29, 0.717) is 17.8 Å². The number of fused-ring (bicyclic) bond motifs is 1. The van der Waals surface area contributed by atoms with Crippen LogP contribution in [0.15, 0.2) is 72.4 Å². The number of aromatic nitrogens is 1. The van der Waals surface area contributed by atoms with Gasteiger partial charge in [-0.05, 0) is 29.3 Å². The van der Waals surface area contributed by atoms with Crippen molar-refractivity contribution < 1.29 is 14.7 Å². The molecule has 1 aliphatic rings. The number of pyridine rings is 1. The summed E-state index contributed by atoms with van der Waals surface area (Å²) in [5, 5.41) is 13.0. The summed E-state index contributed by atoms with van der Waals surface area (Å²) in [5.74, 6) is -1.41. The van der Waals surface area contributed by atoms with Crippen molar-refractivity contribution in [2.75, 3.05) is 6.54 Å². The van der Waals surface area contributed by atoms with Gasteiger partial charge in [0, 0.05) is 18.3 Å². The maximum Gasteiger partial charge on any atom is 0.295 e. The van der Waals surface area contributed by atoms with Gasteiger partial charge in [-0.2, -0.15) is 0 Å². The molecular formula is C24H22N2O3. The summed E-state index contributed by atoms with van der Waals surface area (Å²) < 4.78 is 0. The molecule has 1 aromatic heterocycles. The van der Waals surface area contributed by atoms with Crippen molar-refractivity contribution in [1.82, 2.24) is 9.88 Å². The van der Waals surface area contributed by atoms with Crippen LogP contribution in [-0.2, 0) is 9.59 Å². The third-order valence-corrected chi connectivity index (χ3v) is 5.31. The van der Waals surface area contributed by atoms with Gasteiger partial charge in [0.05, 0.1) is 11.3 Å². The Kier molecular flexibility index (Phi) is 5.12. The van der Waals surface area contributed by atoms with E-state index >= 15 is 0 Å². The van der Waals surface area contributed by atoms with Gasteiger partial charge in [0.15, 0.2) is 0 Å². The minimum atomic E-state index is -0.693. The first kappa shape index (κ1) is 18.9. The lowest BCUT2D eigenvalue weighted by Crippen LogP contribution is -2.31. The van der Waals surface area contributed by atoms with E-state index in [1.807, 2.05) is 49.4 Å². The van der Waals surface area contributed by atoms with Gasteiger partial charge in [-0.1, -0.05) is 61.9 Å². The summed E-state index contributed by atoms with van der Waals surface area (Å²) in [4.78, 5) is 31.7. The maximum absolute atomic E-state index is 13.0. The van der Waals surface area contributed by atoms with E-state index in [1.165, 1.54) is 4.90 Å². The average molecular weight is 386 g/mol. The Balaban J connectivity index is 1.93. The van der Waals surface area contributed by atoms with Crippen molar-refractivity contribution in [1.29, 1.82) is 0 Å². The number of benzene rings is 2. The minimum absolute atomic E-state index is 0.0983. The second-order valence-corrected chi connectivity index (χ2v) is 7.13. The lowest BCUT2D eigenvalue weighted by atomic mass is 9.95. The fourth-order valence-corrected chi connectivity index (χ4v) is 3.86. The molecule has 0 radical (unpaired) electrons. The van der Waals surface area contributed by atoms with Crippen molar-refractivity contribution in [2.24, 2.45) is 0 Å². The van der Waals surface area contributed by atoms with Gasteiger partial charge in [0.1, 0.15) is 11.8 Å². The van der Waals surface area contributed by atoms with Crippen molar-refractivity contribution in [3.05, 3.63) is 83.7 Å². The molecule has 5 heteroatoms. The predicted molar refractivity (Wildman–Crippen MR) is 112 cm³/mol. The number of amides is 1. The molecule has 1 amide bonds. The van der Waals surface area contributed by atoms with E-state index in [9.17, 15) is 14.7 Å². The van der Waals surface area contributed by atoms with Gasteiger partial charge in [-0.15, -0.1) is 0 Å². The SMILES string of the molecule is CCCCN1C(=O)C(=O)/C(=C(\O)c2cccc3ccccc23)C1c1ccccn1. The third-order valence-electron chi connectivity index (χ3n) is 5.31. The van der Waals surface area contributed by atoms with E-state index in [4.69, 9.17) is 0 Å². The van der Waals surface area contributed by atoms with E-state index in [0.717, 1.165) is 23.6 Å². The Bertz CT molecular complexity index is 1100. The van der Waals surface area contributed by atoms with Crippen LogP contribution in [0.5, 0.6) is 0 Å². The van der Waals surface area contributed by atoms with Crippen LogP contribution in [0, 0.1) is 0 Å². The molecular weight excluding hydrogens is 364 g/mol. The topological polar surface area (TPSA) is 70.5 Å². The molecule has 2 heterocycles. The van der Waals surface area contributed by atoms with Crippen molar-refractivity contribution in [2.45, 2.75) is 25.8 Å². The van der Waals surface area contributed by atoms with Gasteiger partial charge in [-0.25, -0.2) is 0 Å². The highest BCUT2D eigenvalue weighted by Crippen LogP contribution is 2.39. The molecule has 1 atom stereocenters. The van der Waals surface area contributed by atoms with Gasteiger partial charge >= 0.3 is 0 Å². The normalized spacial score (nSPS) is 18.5. The number of hydrogen-bond acceptors (Lipinski definition) is 4. The molecule has 5 nitrogen and oxygen atoms in total. The number of nitrogens with zero attached hydrogens (tertiary/aromatic N) is 2. The Morgan fingerprint density at radius 2 is 1.79 bits per heavy atom. The first-order chi connectivity index (χ1) is 14.1. The molecule has 29 heavy (non-hydrogen) atoms. The van der Waals surface area contributed by atoms with Crippen LogP contribution in [0.4, 0.5) is 0 Å². The molecule has 2 aromatic carbocycles. The van der Waals surface area contributed by atoms with Crippen LogP contribution in [0.1, 0.15) is 37.1 Å². The fourth-order valence-electron chi connectivity index (χ4n) is 3.86. The molecule has 0 spiro atoms. The van der Waals surface area contributed by atoms with Crippen molar-refractivity contribution >= 4 is 28.2 Å². The standard InChI is InChI=1S/C24H22N2O3/c1-2-3-15-26-21(19-13-6-7-14-25-19)20(23(28)24(26)29)22(27)18-12-8-10-16-9-4-5-11-17(16)18/h4-14,21,27H,2-3,15H2,1H3/b22-20-. The molecule has 3 aromatic rings. The fraction of sp³-hybridized carbons (Fsp3) is 0.208. The number of aliphatic hydroxyl groups is 1. The molecule has 1 fully saturated rings. The maximum atomic E-state index is 13.0. The summed E-state index contributed by atoms with van der Waals surface area (Å²) in [6.45, 7) is 2.47. The second kappa shape index (κ2) is 7.87. The smallest absolute Gasteiger partial charge is 0.295 e. The predicted octanol–water partition coefficient (Wildman–Crippen LogP) is 4.46. The number of aliphatic hydroxyl groups excluding tert-OH is 1. The number of ketones is 1. The average Bonchev–Trinajstić information content (AvgIpc) is 3.02. The van der Waals surface area contributed by atoms with Gasteiger partial charge in [-0.3, -0.25) is 14.6 Å². The van der Waals surface area contributed by atoms with Crippen LogP contribution >= 0.6 is 0 Å². The first-order valence-corrected chi connectivity index (χ1v) is 9.81. The number of likely N-dealkylation sites (tertiary alicyclic amines) is 1. The molecule has 0 aliphatic carbocycles. The lowest BCUT2D eigenvalue weighted by Gasteiger charge is -2.24. The van der Waals surface area contributed by atoms with Crippen LogP contribution in [0.2, 0.25) is 0 Å². The zero-order valence-electron chi connectivity index (χ0n) is 16.2. The van der Waals surface area contributed by atoms with Crippen LogP contribution in [-0.4, -0.2) is 33.2 Å². The van der Waals surface area contributed by atoms with E-state index in [2.05, 4.69) is 4.98 Å². The zero-order valence-corrected chi connectivity index (χ0v) is 16.2. The Hall–Kier alpha value is -3.47. The minimum Gasteiger partial charge on any atom is -0.507 e. The third kappa shape index (κ3) is 3.29. The van der Waals surface area contributed by atoms with E-state index in [1.54, 1.807) is 24.4 Å². The quantitative estimate of drug-likeness (QED) is 0.399. The molecule has 1 aliphatic heterocycles. The highest BCUT2D eigenvalue weighted by atomic mass is 16.3. The number of carbonyl (C=O) groups is 2. The van der Waals surface area contributed by atoms with E-state index < -0.39 is 17.7 Å². The summed E-state index contributed by atoms with van der Waals surface area (Å²) in [6, 6.07) is 17.9. The number of rotatable bonds is 5. The Morgan fingerprint density at radius 1 is 1.03 bits per heavy atom. The number of unbranched alkanes of at least 4 members (excludes halogenated alkanes) is 1. The Morgan fingerprint density at radius 3 is 2.55 bits per heavy atom. The summed E-state index contributed by atoms with van der Waals surface area (Å²) in [7, 11) is 0. The number of carbonyl (C=O) groups excluding carboxylic acids is 2. The molecule has 1 saturated heterocycles. The van der Waals surface area contributed by atoms with Crippen molar-refractivity contribution in [3.8, 4) is 0 Å². The highest BCUT2D eigenvalue weighted by Gasteiger charge is 2.46. The van der Waals surface area contributed by atoms with Crippen LogP contribution in [0.3, 0.4) is 0 Å². The van der Waals surface area contributed by atoms with Gasteiger partial charge < -0.3 is 10.0 Å². The molecule has 4 rings (SSSR count). The van der Waals surface area contributed by atoms with Crippen molar-refractivity contribution in [3.63, 3.8) is 0 Å². The molecule has 0 saturated carbocycles. The number of hydrogen-bond donors (Lipinski definition) is 1. The molecule has 1 unspecified atom stereocenters. The van der Waals surface area contributed by atoms with Gasteiger partial charge in [0.25, 0.3) is 11.7 Å². The van der Waals surface area contributed by atoms with Crippen LogP contribution in [0.25, 0.3) is 16.5 Å². The lowest BCUT2D eigenvalue weighted by molar-refractivity contribution is -0.140. The molecule has 1 N–H and O–H groups in total. The molecule has 0 bridgehead atoms. The molecule has 146 valence electrons. The summed E-state index contributed by atoms with van der Waals surface area (Å²) in [6.07, 6.45) is 3.29. The Labute approximate surface area is 169 Å².